The van der Waals surface area contributed by atoms with Crippen LogP contribution in [0.1, 0.15) is 24.3 Å². The van der Waals surface area contributed by atoms with Crippen molar-refractivity contribution in [1.82, 2.24) is 10.6 Å². The zero-order valence-electron chi connectivity index (χ0n) is 15.1. The van der Waals surface area contributed by atoms with Gasteiger partial charge in [0.05, 0.1) is 5.92 Å². The number of hydrogen-bond acceptors (Lipinski definition) is 3. The highest BCUT2D eigenvalue weighted by atomic mass is 16.2. The predicted molar refractivity (Wildman–Crippen MR) is 105 cm³/mol. The van der Waals surface area contributed by atoms with Gasteiger partial charge in [-0.25, -0.2) is 0 Å². The maximum atomic E-state index is 12.9. The van der Waals surface area contributed by atoms with E-state index < -0.39 is 0 Å². The minimum Gasteiger partial charge on any atom is -0.371 e. The SMILES string of the molecule is O=C(NC1CCN(c2ccccc2)CC1)[C@@H]1CNC[C@H]1c1ccccc1. The summed E-state index contributed by atoms with van der Waals surface area (Å²) in [5.41, 5.74) is 2.54. The van der Waals surface area contributed by atoms with Crippen molar-refractivity contribution in [1.29, 1.82) is 0 Å². The van der Waals surface area contributed by atoms with Gasteiger partial charge in [0.1, 0.15) is 0 Å². The average Bonchev–Trinajstić information content (AvgIpc) is 3.20. The molecule has 0 radical (unpaired) electrons. The van der Waals surface area contributed by atoms with E-state index in [0.717, 1.165) is 39.0 Å². The molecule has 26 heavy (non-hydrogen) atoms. The first-order valence-corrected chi connectivity index (χ1v) is 9.67. The maximum absolute atomic E-state index is 12.9. The van der Waals surface area contributed by atoms with E-state index in [1.165, 1.54) is 11.3 Å². The lowest BCUT2D eigenvalue weighted by molar-refractivity contribution is -0.125. The van der Waals surface area contributed by atoms with Crippen LogP contribution < -0.4 is 15.5 Å². The van der Waals surface area contributed by atoms with Crippen LogP contribution in [-0.4, -0.2) is 38.1 Å². The molecule has 0 unspecified atom stereocenters. The maximum Gasteiger partial charge on any atom is 0.225 e. The molecule has 2 aromatic rings. The van der Waals surface area contributed by atoms with Crippen LogP contribution in [-0.2, 0) is 4.79 Å². The molecule has 4 heteroatoms. The Kier molecular flexibility index (Phi) is 5.21. The summed E-state index contributed by atoms with van der Waals surface area (Å²) in [6, 6.07) is 21.2. The van der Waals surface area contributed by atoms with Gasteiger partial charge in [0, 0.05) is 43.8 Å². The van der Waals surface area contributed by atoms with Crippen molar-refractivity contribution in [2.75, 3.05) is 31.1 Å². The zero-order chi connectivity index (χ0) is 17.8. The lowest BCUT2D eigenvalue weighted by Crippen LogP contribution is -2.47. The molecule has 2 heterocycles. The highest BCUT2D eigenvalue weighted by Gasteiger charge is 2.35. The third-order valence-electron chi connectivity index (χ3n) is 5.74. The Morgan fingerprint density at radius 1 is 0.923 bits per heavy atom. The van der Waals surface area contributed by atoms with Gasteiger partial charge in [0.15, 0.2) is 0 Å². The molecule has 0 saturated carbocycles. The first-order valence-electron chi connectivity index (χ1n) is 9.67. The molecule has 2 saturated heterocycles. The predicted octanol–water partition coefficient (Wildman–Crippen LogP) is 2.77. The molecule has 2 aromatic carbocycles. The normalized spacial score (nSPS) is 23.8. The van der Waals surface area contributed by atoms with Crippen LogP contribution in [0.5, 0.6) is 0 Å². The van der Waals surface area contributed by atoms with Gasteiger partial charge in [-0.15, -0.1) is 0 Å². The second-order valence-corrected chi connectivity index (χ2v) is 7.39. The van der Waals surface area contributed by atoms with Gasteiger partial charge in [-0.2, -0.15) is 0 Å². The number of piperidine rings is 1. The molecule has 0 aromatic heterocycles. The molecule has 1 amide bonds. The summed E-state index contributed by atoms with van der Waals surface area (Å²) in [6.07, 6.45) is 2.02. The Labute approximate surface area is 155 Å². The van der Waals surface area contributed by atoms with Crippen LogP contribution in [0.15, 0.2) is 60.7 Å². The van der Waals surface area contributed by atoms with E-state index in [4.69, 9.17) is 0 Å². The molecule has 0 aliphatic carbocycles. The van der Waals surface area contributed by atoms with Crippen molar-refractivity contribution >= 4 is 11.6 Å². The summed E-state index contributed by atoms with van der Waals surface area (Å²) >= 11 is 0. The summed E-state index contributed by atoms with van der Waals surface area (Å²) in [6.45, 7) is 3.66. The highest BCUT2D eigenvalue weighted by Crippen LogP contribution is 2.28. The Hall–Kier alpha value is -2.33. The minimum atomic E-state index is 0.0320. The van der Waals surface area contributed by atoms with Gasteiger partial charge in [-0.1, -0.05) is 48.5 Å². The van der Waals surface area contributed by atoms with Crippen molar-refractivity contribution in [3.63, 3.8) is 0 Å². The molecular weight excluding hydrogens is 322 g/mol. The largest absolute Gasteiger partial charge is 0.371 e. The topological polar surface area (TPSA) is 44.4 Å². The number of para-hydroxylation sites is 1. The third-order valence-corrected chi connectivity index (χ3v) is 5.74. The second-order valence-electron chi connectivity index (χ2n) is 7.39. The van der Waals surface area contributed by atoms with Gasteiger partial charge < -0.3 is 15.5 Å². The molecule has 0 bridgehead atoms. The number of benzene rings is 2. The van der Waals surface area contributed by atoms with Crippen molar-refractivity contribution in [2.45, 2.75) is 24.8 Å². The smallest absolute Gasteiger partial charge is 0.225 e. The first kappa shape index (κ1) is 17.1. The number of nitrogens with one attached hydrogen (secondary N) is 2. The van der Waals surface area contributed by atoms with Gasteiger partial charge in [-0.3, -0.25) is 4.79 Å². The molecule has 4 rings (SSSR count). The number of hydrogen-bond donors (Lipinski definition) is 2. The van der Waals surface area contributed by atoms with Crippen LogP contribution in [0.4, 0.5) is 5.69 Å². The molecular formula is C22H27N3O. The fourth-order valence-electron chi connectivity index (χ4n) is 4.23. The fourth-order valence-corrected chi connectivity index (χ4v) is 4.23. The van der Waals surface area contributed by atoms with Gasteiger partial charge in [0.25, 0.3) is 0 Å². The Morgan fingerprint density at radius 3 is 2.27 bits per heavy atom. The van der Waals surface area contributed by atoms with Crippen LogP contribution in [0.3, 0.4) is 0 Å². The number of amides is 1. The van der Waals surface area contributed by atoms with Crippen LogP contribution in [0, 0.1) is 5.92 Å². The molecule has 4 nitrogen and oxygen atoms in total. The second kappa shape index (κ2) is 7.92. The number of rotatable bonds is 4. The average molecular weight is 349 g/mol. The lowest BCUT2D eigenvalue weighted by Gasteiger charge is -2.34. The number of anilines is 1. The van der Waals surface area contributed by atoms with Crippen LogP contribution in [0.25, 0.3) is 0 Å². The van der Waals surface area contributed by atoms with E-state index in [9.17, 15) is 4.79 Å². The zero-order valence-corrected chi connectivity index (χ0v) is 15.1. The van der Waals surface area contributed by atoms with Gasteiger partial charge >= 0.3 is 0 Å². The molecule has 2 aliphatic heterocycles. The fraction of sp³-hybridized carbons (Fsp3) is 0.409. The van der Waals surface area contributed by atoms with E-state index in [1.54, 1.807) is 0 Å². The quantitative estimate of drug-likeness (QED) is 0.892. The molecule has 2 aliphatic rings. The summed E-state index contributed by atoms with van der Waals surface area (Å²) in [5, 5.41) is 6.73. The monoisotopic (exact) mass is 349 g/mol. The Balaban J connectivity index is 1.33. The summed E-state index contributed by atoms with van der Waals surface area (Å²) in [7, 11) is 0. The van der Waals surface area contributed by atoms with Crippen molar-refractivity contribution in [2.24, 2.45) is 5.92 Å². The van der Waals surface area contributed by atoms with E-state index in [1.807, 2.05) is 6.07 Å². The van der Waals surface area contributed by atoms with Crippen molar-refractivity contribution in [3.05, 3.63) is 66.2 Å². The van der Waals surface area contributed by atoms with E-state index >= 15 is 0 Å². The van der Waals surface area contributed by atoms with Gasteiger partial charge in [0.2, 0.25) is 5.91 Å². The Morgan fingerprint density at radius 2 is 1.58 bits per heavy atom. The number of nitrogens with zero attached hydrogens (tertiary/aromatic N) is 1. The number of carbonyl (C=O) groups excluding carboxylic acids is 1. The molecule has 2 N–H and O–H groups in total. The standard InChI is InChI=1S/C22H27N3O/c26-22(21-16-23-15-20(21)17-7-3-1-4-8-17)24-18-11-13-25(14-12-18)19-9-5-2-6-10-19/h1-10,18,20-21,23H,11-16H2,(H,24,26)/t20-,21+/m0/s1. The molecule has 136 valence electrons. The highest BCUT2D eigenvalue weighted by molar-refractivity contribution is 5.80. The lowest BCUT2D eigenvalue weighted by atomic mass is 9.88. The summed E-state index contributed by atoms with van der Waals surface area (Å²) in [5.74, 6) is 0.521. The first-order chi connectivity index (χ1) is 12.8. The summed E-state index contributed by atoms with van der Waals surface area (Å²) in [4.78, 5) is 15.3. The van der Waals surface area contributed by atoms with E-state index in [0.29, 0.717) is 6.04 Å². The van der Waals surface area contributed by atoms with Crippen LogP contribution >= 0.6 is 0 Å². The van der Waals surface area contributed by atoms with E-state index in [-0.39, 0.29) is 17.7 Å². The van der Waals surface area contributed by atoms with Crippen molar-refractivity contribution in [3.8, 4) is 0 Å². The Bertz CT molecular complexity index is 711. The summed E-state index contributed by atoms with van der Waals surface area (Å²) < 4.78 is 0. The molecule has 2 atom stereocenters. The third kappa shape index (κ3) is 3.75. The van der Waals surface area contributed by atoms with Crippen molar-refractivity contribution < 1.29 is 4.79 Å². The number of carbonyl (C=O) groups is 1. The minimum absolute atomic E-state index is 0.0320. The van der Waals surface area contributed by atoms with Gasteiger partial charge in [-0.05, 0) is 30.5 Å². The molecule has 2 fully saturated rings. The van der Waals surface area contributed by atoms with E-state index in [2.05, 4.69) is 70.1 Å². The van der Waals surface area contributed by atoms with Crippen LogP contribution in [0.2, 0.25) is 0 Å². The molecule has 0 spiro atoms.